The average molecular weight is 291 g/mol. The molecule has 6 nitrogen and oxygen atoms in total. The Morgan fingerprint density at radius 2 is 2.05 bits per heavy atom. The van der Waals surface area contributed by atoms with E-state index in [4.69, 9.17) is 11.5 Å². The van der Waals surface area contributed by atoms with Crippen LogP contribution < -0.4 is 11.5 Å². The highest BCUT2D eigenvalue weighted by atomic mass is 32.2. The number of carbonyl (C=O) groups is 1. The lowest BCUT2D eigenvalue weighted by atomic mass is 10.1. The molecular formula is C13H17N5OS. The fourth-order valence-corrected chi connectivity index (χ4v) is 2.98. The Balaban J connectivity index is 2.20. The van der Waals surface area contributed by atoms with E-state index in [2.05, 4.69) is 10.2 Å². The van der Waals surface area contributed by atoms with Gasteiger partial charge in [0.15, 0.2) is 5.16 Å². The van der Waals surface area contributed by atoms with Crippen LogP contribution in [0.25, 0.3) is 0 Å². The molecule has 0 aliphatic heterocycles. The van der Waals surface area contributed by atoms with Gasteiger partial charge in [-0.05, 0) is 25.5 Å². The molecule has 20 heavy (non-hydrogen) atoms. The first-order chi connectivity index (χ1) is 9.50. The van der Waals surface area contributed by atoms with E-state index in [9.17, 15) is 4.79 Å². The first-order valence-corrected chi connectivity index (χ1v) is 7.20. The van der Waals surface area contributed by atoms with Crippen molar-refractivity contribution in [3.63, 3.8) is 0 Å². The molecule has 1 heterocycles. The van der Waals surface area contributed by atoms with Crippen molar-refractivity contribution < 1.29 is 4.79 Å². The smallest absolute Gasteiger partial charge is 0.249 e. The molecule has 7 heteroatoms. The third-order valence-corrected chi connectivity index (χ3v) is 3.84. The van der Waals surface area contributed by atoms with Gasteiger partial charge in [-0.1, -0.05) is 30.0 Å². The topological polar surface area (TPSA) is 99.8 Å². The second kappa shape index (κ2) is 5.96. The van der Waals surface area contributed by atoms with E-state index in [0.717, 1.165) is 10.7 Å². The number of thioether (sulfide) groups is 1. The van der Waals surface area contributed by atoms with Crippen molar-refractivity contribution in [2.24, 2.45) is 5.73 Å². The lowest BCUT2D eigenvalue weighted by Crippen LogP contribution is -2.13. The molecule has 1 amide bonds. The van der Waals surface area contributed by atoms with Crippen LogP contribution in [0.3, 0.4) is 0 Å². The standard InChI is InChI=1S/C13H17N5OS/c1-8(2)18-12(15)16-17-13(18)20-7-9-5-3-4-6-10(9)11(14)19/h3-6,8H,7H2,1-2H3,(H2,14,19)(H2,15,16). The van der Waals surface area contributed by atoms with Crippen LogP contribution in [0.4, 0.5) is 5.95 Å². The number of aromatic nitrogens is 3. The van der Waals surface area contributed by atoms with E-state index in [-0.39, 0.29) is 6.04 Å². The van der Waals surface area contributed by atoms with Crippen molar-refractivity contribution >= 4 is 23.6 Å². The van der Waals surface area contributed by atoms with Gasteiger partial charge in [-0.25, -0.2) is 0 Å². The molecule has 1 aromatic carbocycles. The molecule has 2 aromatic rings. The first-order valence-electron chi connectivity index (χ1n) is 6.21. The summed E-state index contributed by atoms with van der Waals surface area (Å²) in [7, 11) is 0. The van der Waals surface area contributed by atoms with Crippen molar-refractivity contribution in [1.29, 1.82) is 0 Å². The molecule has 0 fully saturated rings. The van der Waals surface area contributed by atoms with Crippen LogP contribution in [-0.4, -0.2) is 20.7 Å². The van der Waals surface area contributed by atoms with Crippen LogP contribution in [-0.2, 0) is 5.75 Å². The summed E-state index contributed by atoms with van der Waals surface area (Å²) in [5.74, 6) is 0.556. The van der Waals surface area contributed by atoms with Crippen LogP contribution in [0.2, 0.25) is 0 Å². The zero-order chi connectivity index (χ0) is 14.7. The van der Waals surface area contributed by atoms with Crippen LogP contribution in [0.15, 0.2) is 29.4 Å². The largest absolute Gasteiger partial charge is 0.368 e. The maximum Gasteiger partial charge on any atom is 0.249 e. The molecular weight excluding hydrogens is 274 g/mol. The quantitative estimate of drug-likeness (QED) is 0.819. The van der Waals surface area contributed by atoms with Gasteiger partial charge in [-0.15, -0.1) is 10.2 Å². The number of anilines is 1. The zero-order valence-corrected chi connectivity index (χ0v) is 12.2. The van der Waals surface area contributed by atoms with Gasteiger partial charge in [-0.3, -0.25) is 9.36 Å². The van der Waals surface area contributed by atoms with Crippen molar-refractivity contribution in [2.45, 2.75) is 30.8 Å². The van der Waals surface area contributed by atoms with Gasteiger partial charge in [0.05, 0.1) is 0 Å². The highest BCUT2D eigenvalue weighted by molar-refractivity contribution is 7.98. The minimum Gasteiger partial charge on any atom is -0.368 e. The minimum atomic E-state index is -0.425. The predicted molar refractivity (Wildman–Crippen MR) is 79.3 cm³/mol. The monoisotopic (exact) mass is 291 g/mol. The number of rotatable bonds is 5. The lowest BCUT2D eigenvalue weighted by molar-refractivity contribution is 0.0999. The summed E-state index contributed by atoms with van der Waals surface area (Å²) in [5.41, 5.74) is 12.6. The Bertz CT molecular complexity index is 623. The zero-order valence-electron chi connectivity index (χ0n) is 11.4. The van der Waals surface area contributed by atoms with Gasteiger partial charge < -0.3 is 11.5 Å². The Morgan fingerprint density at radius 3 is 2.70 bits per heavy atom. The van der Waals surface area contributed by atoms with Gasteiger partial charge in [-0.2, -0.15) is 0 Å². The average Bonchev–Trinajstić information content (AvgIpc) is 2.77. The maximum absolute atomic E-state index is 11.4. The van der Waals surface area contributed by atoms with E-state index in [1.807, 2.05) is 30.5 Å². The van der Waals surface area contributed by atoms with E-state index >= 15 is 0 Å². The summed E-state index contributed by atoms with van der Waals surface area (Å²) in [6.45, 7) is 4.03. The lowest BCUT2D eigenvalue weighted by Gasteiger charge is -2.11. The van der Waals surface area contributed by atoms with E-state index < -0.39 is 5.91 Å². The molecule has 0 spiro atoms. The molecule has 0 bridgehead atoms. The van der Waals surface area contributed by atoms with Gasteiger partial charge >= 0.3 is 0 Å². The van der Waals surface area contributed by atoms with Crippen molar-refractivity contribution in [2.75, 3.05) is 5.73 Å². The number of carbonyl (C=O) groups excluding carboxylic acids is 1. The predicted octanol–water partition coefficient (Wildman–Crippen LogP) is 1.83. The molecule has 106 valence electrons. The van der Waals surface area contributed by atoms with Gasteiger partial charge in [0.2, 0.25) is 11.9 Å². The highest BCUT2D eigenvalue weighted by Gasteiger charge is 2.14. The van der Waals surface area contributed by atoms with Crippen molar-refractivity contribution in [3.8, 4) is 0 Å². The SMILES string of the molecule is CC(C)n1c(N)nnc1SCc1ccccc1C(N)=O. The summed E-state index contributed by atoms with van der Waals surface area (Å²) in [6.07, 6.45) is 0. The Labute approximate surface area is 121 Å². The molecule has 1 aromatic heterocycles. The maximum atomic E-state index is 11.4. The highest BCUT2D eigenvalue weighted by Crippen LogP contribution is 2.26. The first kappa shape index (κ1) is 14.4. The number of nitrogens with zero attached hydrogens (tertiary/aromatic N) is 3. The third-order valence-electron chi connectivity index (χ3n) is 2.85. The Morgan fingerprint density at radius 1 is 1.35 bits per heavy atom. The Hall–Kier alpha value is -2.02. The van der Waals surface area contributed by atoms with Crippen LogP contribution >= 0.6 is 11.8 Å². The number of hydrogen-bond acceptors (Lipinski definition) is 5. The van der Waals surface area contributed by atoms with Crippen LogP contribution in [0.5, 0.6) is 0 Å². The van der Waals surface area contributed by atoms with Crippen molar-refractivity contribution in [1.82, 2.24) is 14.8 Å². The van der Waals surface area contributed by atoms with Gasteiger partial charge in [0.1, 0.15) is 0 Å². The van der Waals surface area contributed by atoms with E-state index in [1.165, 1.54) is 11.8 Å². The summed E-state index contributed by atoms with van der Waals surface area (Å²) in [5, 5.41) is 8.68. The minimum absolute atomic E-state index is 0.180. The van der Waals surface area contributed by atoms with E-state index in [1.54, 1.807) is 12.1 Å². The van der Waals surface area contributed by atoms with E-state index in [0.29, 0.717) is 17.3 Å². The number of amides is 1. The molecule has 4 N–H and O–H groups in total. The normalized spacial score (nSPS) is 10.9. The number of benzene rings is 1. The fourth-order valence-electron chi connectivity index (χ4n) is 1.90. The molecule has 0 saturated carbocycles. The molecule has 0 atom stereocenters. The summed E-state index contributed by atoms with van der Waals surface area (Å²) in [6, 6.07) is 7.46. The summed E-state index contributed by atoms with van der Waals surface area (Å²) >= 11 is 1.48. The summed E-state index contributed by atoms with van der Waals surface area (Å²) < 4.78 is 1.86. The van der Waals surface area contributed by atoms with Gasteiger partial charge in [0, 0.05) is 17.4 Å². The number of hydrogen-bond donors (Lipinski definition) is 2. The van der Waals surface area contributed by atoms with Crippen LogP contribution in [0.1, 0.15) is 35.8 Å². The van der Waals surface area contributed by atoms with Crippen molar-refractivity contribution in [3.05, 3.63) is 35.4 Å². The second-order valence-electron chi connectivity index (χ2n) is 4.61. The molecule has 0 unspecified atom stereocenters. The summed E-state index contributed by atoms with van der Waals surface area (Å²) in [4.78, 5) is 11.4. The second-order valence-corrected chi connectivity index (χ2v) is 5.56. The van der Waals surface area contributed by atoms with Crippen LogP contribution in [0, 0.1) is 0 Å². The van der Waals surface area contributed by atoms with Gasteiger partial charge in [0.25, 0.3) is 0 Å². The molecule has 0 aliphatic rings. The Kier molecular flexibility index (Phi) is 4.29. The molecule has 0 saturated heterocycles. The number of nitrogens with two attached hydrogens (primary N) is 2. The number of primary amides is 1. The molecule has 2 rings (SSSR count). The molecule has 0 aliphatic carbocycles. The third kappa shape index (κ3) is 2.93. The number of nitrogen functional groups attached to an aromatic ring is 1. The molecule has 0 radical (unpaired) electrons. The fraction of sp³-hybridized carbons (Fsp3) is 0.308.